The molecule has 0 saturated heterocycles. The fourth-order valence-corrected chi connectivity index (χ4v) is 4.22. The molecule has 3 aromatic heterocycles. The Morgan fingerprint density at radius 3 is 2.56 bits per heavy atom. The Morgan fingerprint density at radius 2 is 1.92 bits per heavy atom. The van der Waals surface area contributed by atoms with Crippen LogP contribution in [0.5, 0.6) is 0 Å². The van der Waals surface area contributed by atoms with Crippen LogP contribution >= 0.6 is 22.7 Å². The molecule has 3 heterocycles. The van der Waals surface area contributed by atoms with Gasteiger partial charge in [-0.25, -0.2) is 0 Å². The Bertz CT molecular complexity index is 715. The average Bonchev–Trinajstić information content (AvgIpc) is 3.36. The number of carbonyl (C=O) groups is 1. The molecule has 1 amide bonds. The molecular weight excluding hydrogens is 352 g/mol. The summed E-state index contributed by atoms with van der Waals surface area (Å²) in [5, 5.41) is 4.11. The van der Waals surface area contributed by atoms with Gasteiger partial charge in [-0.15, -0.1) is 22.7 Å². The summed E-state index contributed by atoms with van der Waals surface area (Å²) in [6.45, 7) is 3.80. The van der Waals surface area contributed by atoms with E-state index in [9.17, 15) is 4.79 Å². The number of amides is 1. The van der Waals surface area contributed by atoms with Crippen molar-refractivity contribution in [3.05, 3.63) is 68.9 Å². The van der Waals surface area contributed by atoms with Crippen LogP contribution in [0.25, 0.3) is 0 Å². The molecular formula is C19H22N2O2S2. The summed E-state index contributed by atoms with van der Waals surface area (Å²) in [5.41, 5.74) is 0. The van der Waals surface area contributed by atoms with Gasteiger partial charge in [0.2, 0.25) is 5.91 Å². The van der Waals surface area contributed by atoms with Crippen LogP contribution in [-0.4, -0.2) is 29.3 Å². The van der Waals surface area contributed by atoms with Gasteiger partial charge < -0.3 is 9.32 Å². The van der Waals surface area contributed by atoms with Crippen LogP contribution in [0, 0.1) is 0 Å². The molecule has 0 aromatic carbocycles. The number of rotatable bonds is 8. The Hall–Kier alpha value is -1.89. The van der Waals surface area contributed by atoms with Crippen LogP contribution in [0.1, 0.15) is 28.5 Å². The van der Waals surface area contributed by atoms with Gasteiger partial charge in [-0.05, 0) is 41.9 Å². The van der Waals surface area contributed by atoms with Gasteiger partial charge in [0.1, 0.15) is 5.76 Å². The van der Waals surface area contributed by atoms with Gasteiger partial charge in [-0.3, -0.25) is 9.69 Å². The van der Waals surface area contributed by atoms with E-state index in [-0.39, 0.29) is 11.9 Å². The zero-order valence-electron chi connectivity index (χ0n) is 14.4. The predicted octanol–water partition coefficient (Wildman–Crippen LogP) is 4.62. The van der Waals surface area contributed by atoms with Gasteiger partial charge >= 0.3 is 0 Å². The van der Waals surface area contributed by atoms with E-state index in [2.05, 4.69) is 29.3 Å². The van der Waals surface area contributed by atoms with Crippen LogP contribution in [0.15, 0.2) is 57.8 Å². The highest BCUT2D eigenvalue weighted by molar-refractivity contribution is 7.10. The van der Waals surface area contributed by atoms with Crippen LogP contribution in [0.4, 0.5) is 0 Å². The molecule has 0 bridgehead atoms. The van der Waals surface area contributed by atoms with Gasteiger partial charge in [-0.1, -0.05) is 12.1 Å². The van der Waals surface area contributed by atoms with E-state index in [1.807, 2.05) is 41.6 Å². The van der Waals surface area contributed by atoms with E-state index in [4.69, 9.17) is 4.42 Å². The summed E-state index contributed by atoms with van der Waals surface area (Å²) >= 11 is 3.39. The zero-order chi connectivity index (χ0) is 17.6. The smallest absolute Gasteiger partial charge is 0.237 e. The van der Waals surface area contributed by atoms with E-state index in [1.165, 1.54) is 9.75 Å². The van der Waals surface area contributed by atoms with Crippen LogP contribution in [0.3, 0.4) is 0 Å². The molecule has 132 valence electrons. The Labute approximate surface area is 156 Å². The number of hydrogen-bond donors (Lipinski definition) is 0. The summed E-state index contributed by atoms with van der Waals surface area (Å²) in [6.07, 6.45) is 1.67. The number of hydrogen-bond acceptors (Lipinski definition) is 5. The molecule has 0 fully saturated rings. The molecule has 0 aliphatic rings. The van der Waals surface area contributed by atoms with Crippen molar-refractivity contribution < 1.29 is 9.21 Å². The summed E-state index contributed by atoms with van der Waals surface area (Å²) in [6, 6.07) is 12.1. The highest BCUT2D eigenvalue weighted by Gasteiger charge is 2.21. The van der Waals surface area contributed by atoms with Gasteiger partial charge in [0.15, 0.2) is 0 Å². The lowest BCUT2D eigenvalue weighted by molar-refractivity contribution is -0.133. The van der Waals surface area contributed by atoms with Gasteiger partial charge in [0.05, 0.1) is 25.4 Å². The second kappa shape index (κ2) is 8.47. The largest absolute Gasteiger partial charge is 0.468 e. The van der Waals surface area contributed by atoms with Gasteiger partial charge in [-0.2, -0.15) is 0 Å². The Kier molecular flexibility index (Phi) is 6.07. The van der Waals surface area contributed by atoms with Gasteiger partial charge in [0.25, 0.3) is 0 Å². The van der Waals surface area contributed by atoms with Crippen molar-refractivity contribution in [2.45, 2.75) is 26.1 Å². The standard InChI is InChI=1S/C19H22N2O2S2/c1-15(18-8-5-11-25-18)20(2)19(22)14-21(12-16-6-3-9-23-16)13-17-7-4-10-24-17/h3-11,15H,12-14H2,1-2H3. The Morgan fingerprint density at radius 1 is 1.12 bits per heavy atom. The minimum absolute atomic E-state index is 0.0831. The first-order valence-corrected chi connectivity index (χ1v) is 9.95. The zero-order valence-corrected chi connectivity index (χ0v) is 16.1. The molecule has 0 spiro atoms. The number of nitrogens with zero attached hydrogens (tertiary/aromatic N) is 2. The quantitative estimate of drug-likeness (QED) is 0.577. The summed E-state index contributed by atoms with van der Waals surface area (Å²) in [5.74, 6) is 0.988. The first-order chi connectivity index (χ1) is 12.1. The molecule has 3 rings (SSSR count). The third-order valence-electron chi connectivity index (χ3n) is 4.21. The number of carbonyl (C=O) groups excluding carboxylic acids is 1. The van der Waals surface area contributed by atoms with Crippen molar-refractivity contribution in [3.8, 4) is 0 Å². The van der Waals surface area contributed by atoms with Crippen molar-refractivity contribution in [2.24, 2.45) is 0 Å². The second-order valence-electron chi connectivity index (χ2n) is 6.00. The second-order valence-corrected chi connectivity index (χ2v) is 8.01. The first-order valence-electron chi connectivity index (χ1n) is 8.19. The summed E-state index contributed by atoms with van der Waals surface area (Å²) in [4.78, 5) is 19.2. The Balaban J connectivity index is 1.66. The lowest BCUT2D eigenvalue weighted by Gasteiger charge is -2.28. The number of likely N-dealkylation sites (N-methyl/N-ethyl adjacent to an activating group) is 1. The maximum Gasteiger partial charge on any atom is 0.237 e. The van der Waals surface area contributed by atoms with Crippen molar-refractivity contribution in [2.75, 3.05) is 13.6 Å². The van der Waals surface area contributed by atoms with E-state index in [0.717, 1.165) is 12.3 Å². The van der Waals surface area contributed by atoms with Gasteiger partial charge in [0, 0.05) is 23.3 Å². The van der Waals surface area contributed by atoms with Crippen LogP contribution in [-0.2, 0) is 17.9 Å². The van der Waals surface area contributed by atoms with Crippen LogP contribution in [0.2, 0.25) is 0 Å². The van der Waals surface area contributed by atoms with Crippen LogP contribution < -0.4 is 0 Å². The molecule has 0 N–H and O–H groups in total. The van der Waals surface area contributed by atoms with E-state index < -0.39 is 0 Å². The molecule has 4 nitrogen and oxygen atoms in total. The monoisotopic (exact) mass is 374 g/mol. The summed E-state index contributed by atoms with van der Waals surface area (Å²) < 4.78 is 5.47. The molecule has 6 heteroatoms. The molecule has 0 saturated carbocycles. The molecule has 1 unspecified atom stereocenters. The van der Waals surface area contributed by atoms with E-state index >= 15 is 0 Å². The lowest BCUT2D eigenvalue weighted by Crippen LogP contribution is -2.38. The molecule has 1 atom stereocenters. The normalized spacial score (nSPS) is 12.4. The minimum Gasteiger partial charge on any atom is -0.468 e. The summed E-state index contributed by atoms with van der Waals surface area (Å²) in [7, 11) is 1.88. The van der Waals surface area contributed by atoms with E-state index in [0.29, 0.717) is 13.1 Å². The number of furan rings is 1. The molecule has 0 aliphatic carbocycles. The molecule has 0 radical (unpaired) electrons. The highest BCUT2D eigenvalue weighted by atomic mass is 32.1. The highest BCUT2D eigenvalue weighted by Crippen LogP contribution is 2.24. The topological polar surface area (TPSA) is 36.7 Å². The maximum atomic E-state index is 12.8. The third kappa shape index (κ3) is 4.81. The SMILES string of the molecule is CC(c1cccs1)N(C)C(=O)CN(Cc1ccco1)Cc1cccs1. The number of thiophene rings is 2. The average molecular weight is 375 g/mol. The molecule has 0 aliphatic heterocycles. The van der Waals surface area contributed by atoms with Crippen molar-refractivity contribution >= 4 is 28.6 Å². The third-order valence-corrected chi connectivity index (χ3v) is 6.11. The van der Waals surface area contributed by atoms with Crippen molar-refractivity contribution in [1.29, 1.82) is 0 Å². The minimum atomic E-state index is 0.0831. The lowest BCUT2D eigenvalue weighted by atomic mass is 10.2. The van der Waals surface area contributed by atoms with Crippen molar-refractivity contribution in [3.63, 3.8) is 0 Å². The predicted molar refractivity (Wildman–Crippen MR) is 103 cm³/mol. The van der Waals surface area contributed by atoms with E-state index in [1.54, 1.807) is 28.9 Å². The maximum absolute atomic E-state index is 12.8. The molecule has 25 heavy (non-hydrogen) atoms. The first kappa shape index (κ1) is 17.9. The molecule has 3 aromatic rings. The fraction of sp³-hybridized carbons (Fsp3) is 0.316. The fourth-order valence-electron chi connectivity index (χ4n) is 2.65. The van der Waals surface area contributed by atoms with Crippen molar-refractivity contribution in [1.82, 2.24) is 9.80 Å².